The lowest BCUT2D eigenvalue weighted by Crippen LogP contribution is -2.06. The summed E-state index contributed by atoms with van der Waals surface area (Å²) in [6, 6.07) is 0. The van der Waals surface area contributed by atoms with Gasteiger partial charge in [-0.05, 0) is 13.8 Å². The van der Waals surface area contributed by atoms with Crippen molar-refractivity contribution in [3.63, 3.8) is 0 Å². The Hall–Kier alpha value is -0.200. The predicted octanol–water partition coefficient (Wildman–Crippen LogP) is 0.722. The minimum absolute atomic E-state index is 0.0349. The van der Waals surface area contributed by atoms with Gasteiger partial charge in [0.15, 0.2) is 0 Å². The van der Waals surface area contributed by atoms with Crippen LogP contribution in [0.2, 0.25) is 0 Å². The summed E-state index contributed by atoms with van der Waals surface area (Å²) >= 11 is 0. The van der Waals surface area contributed by atoms with Gasteiger partial charge in [0.25, 0.3) is 0 Å². The maximum absolute atomic E-state index is 7.57. The number of hydrogen-bond acceptors (Lipinski definition) is 5. The van der Waals surface area contributed by atoms with E-state index >= 15 is 0 Å². The summed E-state index contributed by atoms with van der Waals surface area (Å²) in [6.07, 6.45) is -0.0349. The highest BCUT2D eigenvalue weighted by atomic mass is 17.5. The monoisotopic (exact) mass is 138 g/mol. The van der Waals surface area contributed by atoms with Crippen molar-refractivity contribution in [1.82, 2.24) is 0 Å². The Balaban J connectivity index is 2.75. The summed E-state index contributed by atoms with van der Waals surface area (Å²) < 4.78 is 0. The van der Waals surface area contributed by atoms with Crippen LogP contribution in [0.15, 0.2) is 0 Å². The molecule has 0 radical (unpaired) electrons. The molecule has 0 amide bonds. The molecule has 0 saturated carbocycles. The third-order valence-corrected chi connectivity index (χ3v) is 0.409. The molecule has 5 heteroatoms. The molecular weight excluding hydrogens is 128 g/mol. The maximum atomic E-state index is 7.57. The molecule has 0 bridgehead atoms. The van der Waals surface area contributed by atoms with Crippen LogP contribution in [0, 0.1) is 0 Å². The third-order valence-electron chi connectivity index (χ3n) is 0.409. The molecule has 0 aromatic heterocycles. The molecule has 1 N–H and O–H groups in total. The van der Waals surface area contributed by atoms with Crippen molar-refractivity contribution in [3.8, 4) is 0 Å². The van der Waals surface area contributed by atoms with E-state index in [1.54, 1.807) is 13.8 Å². The fourth-order valence-corrected chi connectivity index (χ4v) is 0.205. The number of rotatable bonds is 5. The smallest absolute Gasteiger partial charge is 0.217 e. The summed E-state index contributed by atoms with van der Waals surface area (Å²) in [6.45, 7) is 3.33. The third kappa shape index (κ3) is 7.80. The molecule has 0 saturated heterocycles. The van der Waals surface area contributed by atoms with Gasteiger partial charge in [-0.2, -0.15) is 4.89 Å². The van der Waals surface area contributed by atoms with Crippen molar-refractivity contribution in [3.05, 3.63) is 0 Å². The second kappa shape index (κ2) is 5.93. The molecule has 0 fully saturated rings. The van der Waals surface area contributed by atoms with Crippen LogP contribution in [-0.2, 0) is 19.7 Å². The lowest BCUT2D eigenvalue weighted by atomic mass is 10.5. The zero-order valence-corrected chi connectivity index (χ0v) is 5.36. The van der Waals surface area contributed by atoms with E-state index in [0.717, 1.165) is 0 Å². The Morgan fingerprint density at radius 3 is 2.44 bits per heavy atom. The van der Waals surface area contributed by atoms with Crippen molar-refractivity contribution in [2.24, 2.45) is 0 Å². The molecule has 0 aromatic rings. The Morgan fingerprint density at radius 1 is 1.33 bits per heavy atom. The molecule has 0 spiro atoms. The van der Waals surface area contributed by atoms with E-state index in [-0.39, 0.29) is 12.9 Å². The average Bonchev–Trinajstić information content (AvgIpc) is 1.80. The van der Waals surface area contributed by atoms with E-state index in [1.807, 2.05) is 0 Å². The maximum Gasteiger partial charge on any atom is 0.217 e. The van der Waals surface area contributed by atoms with Gasteiger partial charge in [0.05, 0.1) is 6.10 Å². The second-order valence-corrected chi connectivity index (χ2v) is 1.57. The zero-order valence-electron chi connectivity index (χ0n) is 5.36. The molecule has 0 heterocycles. The van der Waals surface area contributed by atoms with E-state index in [4.69, 9.17) is 5.26 Å². The first kappa shape index (κ1) is 8.80. The van der Waals surface area contributed by atoms with E-state index in [1.165, 1.54) is 0 Å². The van der Waals surface area contributed by atoms with Crippen LogP contribution in [-0.4, -0.2) is 18.2 Å². The first-order valence-electron chi connectivity index (χ1n) is 2.48. The molecule has 0 rings (SSSR count). The molecule has 0 aliphatic carbocycles. The fourth-order valence-electron chi connectivity index (χ4n) is 0.205. The lowest BCUT2D eigenvalue weighted by Gasteiger charge is -2.03. The fraction of sp³-hybridized carbons (Fsp3) is 1.00. The van der Waals surface area contributed by atoms with Crippen LogP contribution < -0.4 is 0 Å². The van der Waals surface area contributed by atoms with Crippen LogP contribution in [0.4, 0.5) is 0 Å². The Labute approximate surface area is 52.9 Å². The summed E-state index contributed by atoms with van der Waals surface area (Å²) in [5.74, 6) is 0. The largest absolute Gasteiger partial charge is 0.231 e. The van der Waals surface area contributed by atoms with Crippen molar-refractivity contribution in [1.29, 1.82) is 0 Å². The zero-order chi connectivity index (χ0) is 7.11. The van der Waals surface area contributed by atoms with Crippen molar-refractivity contribution < 1.29 is 25.0 Å². The molecule has 0 aromatic carbocycles. The van der Waals surface area contributed by atoms with E-state index in [2.05, 4.69) is 19.7 Å². The Morgan fingerprint density at radius 2 is 2.00 bits per heavy atom. The first-order valence-corrected chi connectivity index (χ1v) is 2.48. The van der Waals surface area contributed by atoms with Crippen LogP contribution >= 0.6 is 0 Å². The van der Waals surface area contributed by atoms with Gasteiger partial charge in [0, 0.05) is 0 Å². The standard InChI is InChI=1S/C4H10O5/c1-4(2)8-6-3-7-9-5/h4-5H,3H2,1-2H3. The molecule has 56 valence electrons. The molecule has 9 heavy (non-hydrogen) atoms. The van der Waals surface area contributed by atoms with Crippen molar-refractivity contribution >= 4 is 0 Å². The highest BCUT2D eigenvalue weighted by molar-refractivity contribution is 4.25. The highest BCUT2D eigenvalue weighted by Gasteiger charge is 1.92. The molecule has 0 unspecified atom stereocenters. The Bertz CT molecular complexity index is 54.9. The summed E-state index contributed by atoms with van der Waals surface area (Å²) in [5.41, 5.74) is 0. The quantitative estimate of drug-likeness (QED) is 0.262. The highest BCUT2D eigenvalue weighted by Crippen LogP contribution is 1.88. The van der Waals surface area contributed by atoms with Gasteiger partial charge in [-0.15, -0.1) is 0 Å². The molecule has 5 nitrogen and oxygen atoms in total. The van der Waals surface area contributed by atoms with Crippen LogP contribution in [0.5, 0.6) is 0 Å². The van der Waals surface area contributed by atoms with Crippen LogP contribution in [0.1, 0.15) is 13.8 Å². The van der Waals surface area contributed by atoms with Gasteiger partial charge >= 0.3 is 0 Å². The SMILES string of the molecule is CC(C)OOCOOO. The molecule has 0 aliphatic rings. The van der Waals surface area contributed by atoms with Gasteiger partial charge in [-0.25, -0.2) is 15.0 Å². The first-order chi connectivity index (χ1) is 4.27. The number of hydrogen-bond donors (Lipinski definition) is 1. The normalized spacial score (nSPS) is 10.7. The van der Waals surface area contributed by atoms with Gasteiger partial charge in [-0.1, -0.05) is 5.04 Å². The second-order valence-electron chi connectivity index (χ2n) is 1.57. The van der Waals surface area contributed by atoms with Crippen LogP contribution in [0.25, 0.3) is 0 Å². The summed E-state index contributed by atoms with van der Waals surface area (Å²) in [5, 5.41) is 10.8. The predicted molar refractivity (Wildman–Crippen MR) is 27.0 cm³/mol. The van der Waals surface area contributed by atoms with Gasteiger partial charge in [0.2, 0.25) is 6.79 Å². The van der Waals surface area contributed by atoms with Crippen molar-refractivity contribution in [2.45, 2.75) is 20.0 Å². The van der Waals surface area contributed by atoms with Gasteiger partial charge in [0.1, 0.15) is 0 Å². The molecule has 0 atom stereocenters. The molecule has 0 aliphatic heterocycles. The van der Waals surface area contributed by atoms with Crippen LogP contribution in [0.3, 0.4) is 0 Å². The minimum atomic E-state index is -0.255. The summed E-state index contributed by atoms with van der Waals surface area (Å²) in [7, 11) is 0. The van der Waals surface area contributed by atoms with E-state index < -0.39 is 0 Å². The van der Waals surface area contributed by atoms with E-state index in [0.29, 0.717) is 0 Å². The van der Waals surface area contributed by atoms with Gasteiger partial charge < -0.3 is 0 Å². The van der Waals surface area contributed by atoms with Gasteiger partial charge in [-0.3, -0.25) is 0 Å². The lowest BCUT2D eigenvalue weighted by molar-refractivity contribution is -0.534. The molecular formula is C4H10O5. The topological polar surface area (TPSA) is 57.2 Å². The summed E-state index contributed by atoms with van der Waals surface area (Å²) in [4.78, 5) is 12.7. The van der Waals surface area contributed by atoms with E-state index in [9.17, 15) is 0 Å². The minimum Gasteiger partial charge on any atom is -0.231 e. The Kier molecular flexibility index (Phi) is 5.80. The van der Waals surface area contributed by atoms with Crippen molar-refractivity contribution in [2.75, 3.05) is 6.79 Å². The average molecular weight is 138 g/mol.